The first kappa shape index (κ1) is 6.31. The molecule has 0 aromatic rings. The van der Waals surface area contributed by atoms with Crippen LogP contribution in [-0.4, -0.2) is 12.5 Å². The molecule has 1 nitrogen and oxygen atoms in total. The Labute approximate surface area is 43.1 Å². The Balaban J connectivity index is 2.34. The lowest BCUT2D eigenvalue weighted by molar-refractivity contribution is 0.199. The van der Waals surface area contributed by atoms with Gasteiger partial charge in [0.15, 0.2) is 0 Å². The summed E-state index contributed by atoms with van der Waals surface area (Å²) in [5, 5.41) is 0. The highest BCUT2D eigenvalue weighted by Gasteiger charge is 1.72. The first-order chi connectivity index (χ1) is 2.91. The molecule has 1 radical (unpaired) electrons. The monoisotopic (exact) mass is 105 g/mol. The van der Waals surface area contributed by atoms with Crippen molar-refractivity contribution in [2.75, 3.05) is 12.5 Å². The molecule has 0 heterocycles. The largest absolute Gasteiger partial charge is 0.371 e. The average molecular weight is 105 g/mol. The molecule has 0 fully saturated rings. The Bertz CT molecular complexity index is 19.5. The zero-order chi connectivity index (χ0) is 4.83. The van der Waals surface area contributed by atoms with E-state index in [-0.39, 0.29) is 0 Å². The van der Waals surface area contributed by atoms with Crippen molar-refractivity contribution in [2.24, 2.45) is 0 Å². The van der Waals surface area contributed by atoms with Crippen LogP contribution in [0.2, 0.25) is 0 Å². The number of ether oxygens (including phenoxy) is 1. The molecule has 0 atom stereocenters. The minimum Gasteiger partial charge on any atom is -0.371 e. The zero-order valence-electron chi connectivity index (χ0n) is 3.94. The van der Waals surface area contributed by atoms with E-state index in [2.05, 4.69) is 6.26 Å². The Morgan fingerprint density at radius 2 is 2.50 bits per heavy atom. The van der Waals surface area contributed by atoms with Crippen molar-refractivity contribution in [3.05, 3.63) is 6.26 Å². The van der Waals surface area contributed by atoms with Crippen molar-refractivity contribution >= 4 is 11.8 Å². The second-order valence-corrected chi connectivity index (χ2v) is 1.46. The molecular weight excluding hydrogens is 96.1 g/mol. The van der Waals surface area contributed by atoms with Crippen molar-refractivity contribution < 1.29 is 4.74 Å². The highest BCUT2D eigenvalue weighted by atomic mass is 32.2. The molecule has 0 rings (SSSR count). The van der Waals surface area contributed by atoms with E-state index in [1.54, 1.807) is 0 Å². The molecule has 0 spiro atoms. The van der Waals surface area contributed by atoms with Crippen molar-refractivity contribution in [3.63, 3.8) is 0 Å². The molecule has 2 heteroatoms. The molecule has 0 N–H and O–H groups in total. The molecule has 0 aromatic carbocycles. The summed E-state index contributed by atoms with van der Waals surface area (Å²) in [7, 11) is 0. The standard InChI is InChI=1S/C4H9OS/c1-3-5-4-6-2/h2-4H2,1H3. The van der Waals surface area contributed by atoms with Crippen molar-refractivity contribution in [1.29, 1.82) is 0 Å². The van der Waals surface area contributed by atoms with Gasteiger partial charge in [-0.1, -0.05) is 0 Å². The minimum atomic E-state index is 0.719. The van der Waals surface area contributed by atoms with E-state index in [1.165, 1.54) is 11.8 Å². The maximum Gasteiger partial charge on any atom is 0.0921 e. The van der Waals surface area contributed by atoms with E-state index >= 15 is 0 Å². The van der Waals surface area contributed by atoms with E-state index in [4.69, 9.17) is 4.74 Å². The van der Waals surface area contributed by atoms with Gasteiger partial charge in [0.1, 0.15) is 0 Å². The van der Waals surface area contributed by atoms with Gasteiger partial charge in [-0.15, -0.1) is 11.8 Å². The quantitative estimate of drug-likeness (QED) is 0.397. The second kappa shape index (κ2) is 5.31. The lowest BCUT2D eigenvalue weighted by Gasteiger charge is -1.91. The van der Waals surface area contributed by atoms with Crippen LogP contribution in [0.5, 0.6) is 0 Å². The summed E-state index contributed by atoms with van der Waals surface area (Å²) in [6, 6.07) is 0. The van der Waals surface area contributed by atoms with Gasteiger partial charge in [0.25, 0.3) is 0 Å². The van der Waals surface area contributed by atoms with Gasteiger partial charge < -0.3 is 4.74 Å². The van der Waals surface area contributed by atoms with Crippen LogP contribution < -0.4 is 0 Å². The normalized spacial score (nSPS) is 9.00. The summed E-state index contributed by atoms with van der Waals surface area (Å²) in [6.45, 7) is 2.76. The average Bonchev–Trinajstić information content (AvgIpc) is 1.61. The Morgan fingerprint density at radius 3 is 2.67 bits per heavy atom. The molecule has 0 aliphatic carbocycles. The summed E-state index contributed by atoms with van der Waals surface area (Å²) in [5.41, 5.74) is 0. The van der Waals surface area contributed by atoms with E-state index in [1.807, 2.05) is 6.92 Å². The minimum absolute atomic E-state index is 0.719. The first-order valence-corrected chi connectivity index (χ1v) is 3.02. The van der Waals surface area contributed by atoms with Gasteiger partial charge in [-0.2, -0.15) is 0 Å². The van der Waals surface area contributed by atoms with Crippen LogP contribution in [0.4, 0.5) is 0 Å². The van der Waals surface area contributed by atoms with Crippen LogP contribution in [0.3, 0.4) is 0 Å². The van der Waals surface area contributed by atoms with Gasteiger partial charge in [0.2, 0.25) is 0 Å². The van der Waals surface area contributed by atoms with Gasteiger partial charge in [0, 0.05) is 12.9 Å². The van der Waals surface area contributed by atoms with Crippen LogP contribution >= 0.6 is 11.8 Å². The van der Waals surface area contributed by atoms with E-state index < -0.39 is 0 Å². The van der Waals surface area contributed by atoms with Crippen LogP contribution in [0.15, 0.2) is 0 Å². The van der Waals surface area contributed by atoms with E-state index in [9.17, 15) is 0 Å². The predicted octanol–water partition coefficient (Wildman–Crippen LogP) is 1.51. The maximum atomic E-state index is 4.88. The van der Waals surface area contributed by atoms with Crippen molar-refractivity contribution in [3.8, 4) is 0 Å². The van der Waals surface area contributed by atoms with Crippen molar-refractivity contribution in [2.45, 2.75) is 6.92 Å². The topological polar surface area (TPSA) is 9.23 Å². The summed E-state index contributed by atoms with van der Waals surface area (Å²) in [4.78, 5) is 0. The van der Waals surface area contributed by atoms with Crippen LogP contribution in [0.25, 0.3) is 0 Å². The lowest BCUT2D eigenvalue weighted by Crippen LogP contribution is -1.84. The maximum absolute atomic E-state index is 4.88. The molecular formula is C4H9OS. The number of hydrogen-bond acceptors (Lipinski definition) is 2. The number of thioether (sulfide) groups is 1. The summed E-state index contributed by atoms with van der Waals surface area (Å²) >= 11 is 1.45. The third-order valence-corrected chi connectivity index (χ3v) is 0.704. The van der Waals surface area contributed by atoms with Crippen LogP contribution in [-0.2, 0) is 4.74 Å². The SMILES string of the molecule is [CH2]SCOCC. The molecule has 0 aliphatic heterocycles. The molecule has 0 aliphatic rings. The molecule has 0 amide bonds. The molecule has 37 valence electrons. The first-order valence-electron chi connectivity index (χ1n) is 1.86. The second-order valence-electron chi connectivity index (χ2n) is 0.815. The number of hydrogen-bond donors (Lipinski definition) is 0. The fourth-order valence-corrected chi connectivity index (χ4v) is 0.427. The van der Waals surface area contributed by atoms with E-state index in [0.717, 1.165) is 12.5 Å². The summed E-state index contributed by atoms with van der Waals surface area (Å²) in [5.74, 6) is 0.719. The molecule has 6 heavy (non-hydrogen) atoms. The third kappa shape index (κ3) is 4.31. The van der Waals surface area contributed by atoms with Crippen LogP contribution in [0, 0.1) is 6.26 Å². The van der Waals surface area contributed by atoms with Gasteiger partial charge >= 0.3 is 0 Å². The fourth-order valence-electron chi connectivity index (χ4n) is 0.142. The zero-order valence-corrected chi connectivity index (χ0v) is 4.75. The third-order valence-electron chi connectivity index (χ3n) is 0.371. The molecule has 0 unspecified atom stereocenters. The summed E-state index contributed by atoms with van der Waals surface area (Å²) in [6.07, 6.45) is 3.51. The number of rotatable bonds is 3. The Kier molecular flexibility index (Phi) is 5.58. The molecule has 0 saturated carbocycles. The molecule has 0 saturated heterocycles. The Morgan fingerprint density at radius 1 is 1.83 bits per heavy atom. The van der Waals surface area contributed by atoms with Crippen LogP contribution in [0.1, 0.15) is 6.92 Å². The fraction of sp³-hybridized carbons (Fsp3) is 0.750. The highest BCUT2D eigenvalue weighted by Crippen LogP contribution is 1.92. The Hall–Kier alpha value is 0.310. The predicted molar refractivity (Wildman–Crippen MR) is 29.4 cm³/mol. The molecule has 0 aromatic heterocycles. The lowest BCUT2D eigenvalue weighted by atomic mass is 10.9. The highest BCUT2D eigenvalue weighted by molar-refractivity contribution is 8.00. The summed E-state index contributed by atoms with van der Waals surface area (Å²) < 4.78 is 4.88. The van der Waals surface area contributed by atoms with Gasteiger partial charge in [-0.3, -0.25) is 0 Å². The molecule has 0 bridgehead atoms. The smallest absolute Gasteiger partial charge is 0.0921 e. The van der Waals surface area contributed by atoms with E-state index in [0.29, 0.717) is 0 Å². The van der Waals surface area contributed by atoms with Crippen molar-refractivity contribution in [1.82, 2.24) is 0 Å². The van der Waals surface area contributed by atoms with Gasteiger partial charge in [0.05, 0.1) is 5.94 Å². The van der Waals surface area contributed by atoms with Gasteiger partial charge in [-0.25, -0.2) is 0 Å². The van der Waals surface area contributed by atoms with Gasteiger partial charge in [-0.05, 0) is 6.92 Å².